The zero-order chi connectivity index (χ0) is 10.3. The van der Waals surface area contributed by atoms with Crippen molar-refractivity contribution in [1.82, 2.24) is 0 Å². The van der Waals surface area contributed by atoms with Crippen LogP contribution in [0.1, 0.15) is 13.8 Å². The molecule has 0 aliphatic rings. The second-order valence-electron chi connectivity index (χ2n) is 1.98. The monoisotopic (exact) mass is 206 g/mol. The molecule has 0 saturated carbocycles. The minimum absolute atomic E-state index is 0.160. The summed E-state index contributed by atoms with van der Waals surface area (Å²) in [6.45, 7) is 4.00. The van der Waals surface area contributed by atoms with E-state index < -0.39 is 5.85 Å². The molecular formula is C9H13F2OP. The fourth-order valence-electron chi connectivity index (χ4n) is 0.646. The molecule has 1 unspecified atom stereocenters. The summed E-state index contributed by atoms with van der Waals surface area (Å²) in [6, 6.07) is 7.93. The lowest BCUT2D eigenvalue weighted by Gasteiger charge is -2.11. The summed E-state index contributed by atoms with van der Waals surface area (Å²) in [5, 5.41) is 0. The highest BCUT2D eigenvalue weighted by Gasteiger charge is 2.22. The Hall–Kier alpha value is -0.690. The molecule has 0 bridgehead atoms. The topological polar surface area (TPSA) is 9.23 Å². The lowest BCUT2D eigenvalue weighted by atomic mass is 10.3. The van der Waals surface area contributed by atoms with Gasteiger partial charge in [-0.2, -0.15) is 8.78 Å². The van der Waals surface area contributed by atoms with Gasteiger partial charge in [-0.05, 0) is 21.4 Å². The number of benzene rings is 1. The number of rotatable bonds is 2. The molecule has 1 nitrogen and oxygen atoms in total. The molecule has 0 spiro atoms. The third-order valence-corrected chi connectivity index (χ3v) is 1.11. The number of hydrogen-bond donors (Lipinski definition) is 0. The summed E-state index contributed by atoms with van der Waals surface area (Å²) in [6.07, 6.45) is 0. The standard InChI is InChI=1S/C7H7F2OP.C2H6/c8-7(9,11)10-6-4-2-1-3-5-6;1-2/h1-5H,11H2;1-2H3. The van der Waals surface area contributed by atoms with Crippen LogP contribution in [0.25, 0.3) is 0 Å². The summed E-state index contributed by atoms with van der Waals surface area (Å²) in [5.41, 5.74) is 0. The summed E-state index contributed by atoms with van der Waals surface area (Å²) in [7, 11) is 1.31. The van der Waals surface area contributed by atoms with E-state index in [-0.39, 0.29) is 5.75 Å². The molecular weight excluding hydrogens is 193 g/mol. The van der Waals surface area contributed by atoms with E-state index in [2.05, 4.69) is 4.74 Å². The average molecular weight is 206 g/mol. The minimum Gasteiger partial charge on any atom is -0.430 e. The van der Waals surface area contributed by atoms with Crippen LogP contribution in [0.2, 0.25) is 0 Å². The van der Waals surface area contributed by atoms with Crippen LogP contribution in [0.5, 0.6) is 5.75 Å². The lowest BCUT2D eigenvalue weighted by Crippen LogP contribution is -2.14. The van der Waals surface area contributed by atoms with Gasteiger partial charge in [-0.15, -0.1) is 0 Å². The van der Waals surface area contributed by atoms with E-state index >= 15 is 0 Å². The van der Waals surface area contributed by atoms with E-state index in [1.807, 2.05) is 13.8 Å². The second-order valence-corrected chi connectivity index (χ2v) is 2.65. The van der Waals surface area contributed by atoms with Crippen molar-refractivity contribution in [1.29, 1.82) is 0 Å². The van der Waals surface area contributed by atoms with Crippen LogP contribution in [0.3, 0.4) is 0 Å². The molecule has 0 heterocycles. The van der Waals surface area contributed by atoms with Gasteiger partial charge in [-0.3, -0.25) is 0 Å². The van der Waals surface area contributed by atoms with Gasteiger partial charge in [0, 0.05) is 0 Å². The van der Waals surface area contributed by atoms with Crippen LogP contribution in [-0.2, 0) is 0 Å². The van der Waals surface area contributed by atoms with Gasteiger partial charge in [0.25, 0.3) is 0 Å². The molecule has 1 aromatic rings. The molecule has 1 atom stereocenters. The summed E-state index contributed by atoms with van der Waals surface area (Å²) in [5.74, 6) is -3.02. The first-order chi connectivity index (χ1) is 6.08. The summed E-state index contributed by atoms with van der Waals surface area (Å²) in [4.78, 5) is 0. The molecule has 0 saturated heterocycles. The van der Waals surface area contributed by atoms with Crippen molar-refractivity contribution in [3.63, 3.8) is 0 Å². The van der Waals surface area contributed by atoms with E-state index in [1.54, 1.807) is 18.2 Å². The van der Waals surface area contributed by atoms with Gasteiger partial charge in [0.15, 0.2) is 0 Å². The van der Waals surface area contributed by atoms with E-state index in [0.29, 0.717) is 0 Å². The van der Waals surface area contributed by atoms with Crippen molar-refractivity contribution in [2.75, 3.05) is 0 Å². The first-order valence-electron chi connectivity index (χ1n) is 3.99. The van der Waals surface area contributed by atoms with Gasteiger partial charge in [0.05, 0.1) is 0 Å². The van der Waals surface area contributed by atoms with Gasteiger partial charge < -0.3 is 4.74 Å². The fraction of sp³-hybridized carbons (Fsp3) is 0.333. The van der Waals surface area contributed by atoms with E-state index in [4.69, 9.17) is 0 Å². The van der Waals surface area contributed by atoms with E-state index in [0.717, 1.165) is 0 Å². The van der Waals surface area contributed by atoms with Crippen LogP contribution >= 0.6 is 9.24 Å². The Bertz CT molecular complexity index is 221. The third kappa shape index (κ3) is 6.47. The fourth-order valence-corrected chi connectivity index (χ4v) is 0.782. The third-order valence-electron chi connectivity index (χ3n) is 0.997. The minimum atomic E-state index is -3.18. The molecule has 0 N–H and O–H groups in total. The Morgan fingerprint density at radius 1 is 1.15 bits per heavy atom. The molecule has 4 heteroatoms. The molecule has 1 aromatic carbocycles. The Labute approximate surface area is 79.3 Å². The SMILES string of the molecule is CC.FC(F)(P)Oc1ccccc1. The van der Waals surface area contributed by atoms with Crippen LogP contribution in [-0.4, -0.2) is 5.85 Å². The molecule has 0 radical (unpaired) electrons. The molecule has 0 aliphatic heterocycles. The van der Waals surface area contributed by atoms with Gasteiger partial charge in [-0.25, -0.2) is 0 Å². The van der Waals surface area contributed by atoms with Gasteiger partial charge >= 0.3 is 5.85 Å². The number of para-hydroxylation sites is 1. The quantitative estimate of drug-likeness (QED) is 0.672. The lowest BCUT2D eigenvalue weighted by molar-refractivity contribution is -0.0892. The van der Waals surface area contributed by atoms with Gasteiger partial charge in [0.2, 0.25) is 0 Å². The number of ether oxygens (including phenoxy) is 1. The maximum atomic E-state index is 12.1. The zero-order valence-corrected chi connectivity index (χ0v) is 8.78. The number of alkyl halides is 2. The largest absolute Gasteiger partial charge is 0.430 e. The van der Waals surface area contributed by atoms with Crippen molar-refractivity contribution < 1.29 is 13.5 Å². The van der Waals surface area contributed by atoms with Crippen molar-refractivity contribution >= 4 is 9.24 Å². The Morgan fingerprint density at radius 3 is 2.00 bits per heavy atom. The molecule has 0 amide bonds. The molecule has 1 rings (SSSR count). The molecule has 74 valence electrons. The first-order valence-corrected chi connectivity index (χ1v) is 4.56. The predicted molar refractivity (Wildman–Crippen MR) is 53.1 cm³/mol. The van der Waals surface area contributed by atoms with E-state index in [9.17, 15) is 8.78 Å². The highest BCUT2D eigenvalue weighted by atomic mass is 31.0. The average Bonchev–Trinajstić information content (AvgIpc) is 2.07. The van der Waals surface area contributed by atoms with Crippen LogP contribution < -0.4 is 4.74 Å². The Balaban J connectivity index is 0.000000671. The molecule has 0 fully saturated rings. The summed E-state index contributed by atoms with van der Waals surface area (Å²) < 4.78 is 28.5. The van der Waals surface area contributed by atoms with Crippen LogP contribution in [0, 0.1) is 0 Å². The van der Waals surface area contributed by atoms with Crippen molar-refractivity contribution in [3.05, 3.63) is 30.3 Å². The van der Waals surface area contributed by atoms with Crippen molar-refractivity contribution in [3.8, 4) is 5.75 Å². The molecule has 0 aromatic heterocycles. The maximum absolute atomic E-state index is 12.1. The Kier molecular flexibility index (Phi) is 5.56. The second kappa shape index (κ2) is 5.87. The smallest absolute Gasteiger partial charge is 0.408 e. The van der Waals surface area contributed by atoms with Gasteiger partial charge in [0.1, 0.15) is 5.75 Å². The van der Waals surface area contributed by atoms with Crippen molar-refractivity contribution in [2.24, 2.45) is 0 Å². The predicted octanol–water partition coefficient (Wildman–Crippen LogP) is 3.52. The maximum Gasteiger partial charge on any atom is 0.408 e. The highest BCUT2D eigenvalue weighted by Crippen LogP contribution is 2.26. The number of halogens is 2. The van der Waals surface area contributed by atoms with Crippen molar-refractivity contribution in [2.45, 2.75) is 19.7 Å². The van der Waals surface area contributed by atoms with Crippen LogP contribution in [0.15, 0.2) is 30.3 Å². The number of hydrogen-bond acceptors (Lipinski definition) is 1. The molecule has 13 heavy (non-hydrogen) atoms. The Morgan fingerprint density at radius 2 is 1.62 bits per heavy atom. The normalized spacial score (nSPS) is 9.92. The van der Waals surface area contributed by atoms with Crippen LogP contribution in [0.4, 0.5) is 8.78 Å². The summed E-state index contributed by atoms with van der Waals surface area (Å²) >= 11 is 0. The van der Waals surface area contributed by atoms with E-state index in [1.165, 1.54) is 21.4 Å². The first kappa shape index (κ1) is 12.3. The van der Waals surface area contributed by atoms with Gasteiger partial charge in [-0.1, -0.05) is 32.0 Å². The molecule has 0 aliphatic carbocycles. The highest BCUT2D eigenvalue weighted by molar-refractivity contribution is 7.17. The zero-order valence-electron chi connectivity index (χ0n) is 7.63.